The van der Waals surface area contributed by atoms with Crippen molar-refractivity contribution in [3.63, 3.8) is 0 Å². The van der Waals surface area contributed by atoms with E-state index in [1.165, 1.54) is 0 Å². The third-order valence-electron chi connectivity index (χ3n) is 3.78. The van der Waals surface area contributed by atoms with Gasteiger partial charge in [0.05, 0.1) is 19.3 Å². The minimum atomic E-state index is 0.419. The molecule has 1 aliphatic heterocycles. The third kappa shape index (κ3) is 4.30. The van der Waals surface area contributed by atoms with Crippen LogP contribution in [0.15, 0.2) is 6.07 Å². The van der Waals surface area contributed by atoms with E-state index in [9.17, 15) is 0 Å². The minimum absolute atomic E-state index is 0.419. The number of rotatable bonds is 7. The predicted octanol–water partition coefficient (Wildman–Crippen LogP) is 2.87. The minimum Gasteiger partial charge on any atom is -0.377 e. The summed E-state index contributed by atoms with van der Waals surface area (Å²) < 4.78 is 5.60. The lowest BCUT2D eigenvalue weighted by molar-refractivity contribution is 0.0925. The number of anilines is 2. The summed E-state index contributed by atoms with van der Waals surface area (Å²) in [7, 11) is 0. The van der Waals surface area contributed by atoms with Crippen LogP contribution >= 0.6 is 0 Å². The molecule has 0 saturated carbocycles. The van der Waals surface area contributed by atoms with Crippen molar-refractivity contribution in [3.05, 3.63) is 11.9 Å². The van der Waals surface area contributed by atoms with Crippen LogP contribution in [-0.4, -0.2) is 42.3 Å². The second-order valence-corrected chi connectivity index (χ2v) is 5.53. The van der Waals surface area contributed by atoms with Crippen molar-refractivity contribution in [3.8, 4) is 0 Å². The van der Waals surface area contributed by atoms with Crippen LogP contribution < -0.4 is 10.2 Å². The van der Waals surface area contributed by atoms with Crippen LogP contribution in [-0.2, 0) is 11.2 Å². The molecule has 5 nitrogen and oxygen atoms in total. The largest absolute Gasteiger partial charge is 0.377 e. The first kappa shape index (κ1) is 16.0. The maximum Gasteiger partial charge on any atom is 0.134 e. The van der Waals surface area contributed by atoms with Gasteiger partial charge in [-0.15, -0.1) is 0 Å². The summed E-state index contributed by atoms with van der Waals surface area (Å²) in [5.41, 5.74) is 0. The summed E-state index contributed by atoms with van der Waals surface area (Å²) in [6.45, 7) is 9.96. The molecule has 1 aromatic heterocycles. The molecule has 2 rings (SSSR count). The molecule has 118 valence electrons. The summed E-state index contributed by atoms with van der Waals surface area (Å²) >= 11 is 0. The second kappa shape index (κ2) is 8.17. The highest BCUT2D eigenvalue weighted by Gasteiger charge is 2.23. The molecule has 0 amide bonds. The lowest BCUT2D eigenvalue weighted by Crippen LogP contribution is -2.45. The number of aromatic nitrogens is 2. The van der Waals surface area contributed by atoms with Gasteiger partial charge in [0, 0.05) is 25.6 Å². The van der Waals surface area contributed by atoms with Crippen molar-refractivity contribution in [2.45, 2.75) is 52.5 Å². The quantitative estimate of drug-likeness (QED) is 0.837. The van der Waals surface area contributed by atoms with E-state index in [0.29, 0.717) is 6.04 Å². The maximum atomic E-state index is 5.60. The number of hydrogen-bond acceptors (Lipinski definition) is 5. The molecule has 5 heteroatoms. The van der Waals surface area contributed by atoms with Gasteiger partial charge in [0.25, 0.3) is 0 Å². The average Bonchev–Trinajstić information content (AvgIpc) is 2.53. The van der Waals surface area contributed by atoms with Gasteiger partial charge in [0.2, 0.25) is 0 Å². The smallest absolute Gasteiger partial charge is 0.134 e. The molecule has 21 heavy (non-hydrogen) atoms. The standard InChI is InChI=1S/C16H28N4O/c1-4-7-14-18-15(17-8-5-2)11-16(19-14)20-9-10-21-12-13(20)6-3/h11,13H,4-10,12H2,1-3H3,(H,17,18,19). The van der Waals surface area contributed by atoms with Crippen molar-refractivity contribution in [2.24, 2.45) is 0 Å². The molecule has 1 N–H and O–H groups in total. The first-order valence-electron chi connectivity index (χ1n) is 8.24. The van der Waals surface area contributed by atoms with Crippen LogP contribution in [0.5, 0.6) is 0 Å². The first-order chi connectivity index (χ1) is 10.3. The van der Waals surface area contributed by atoms with Crippen LogP contribution in [0.4, 0.5) is 11.6 Å². The second-order valence-electron chi connectivity index (χ2n) is 5.53. The van der Waals surface area contributed by atoms with Gasteiger partial charge < -0.3 is 15.0 Å². The molecule has 0 aliphatic carbocycles. The Morgan fingerprint density at radius 2 is 2.14 bits per heavy atom. The van der Waals surface area contributed by atoms with Crippen LogP contribution in [0.3, 0.4) is 0 Å². The summed E-state index contributed by atoms with van der Waals surface area (Å²) in [5.74, 6) is 2.93. The Hall–Kier alpha value is -1.36. The summed E-state index contributed by atoms with van der Waals surface area (Å²) in [6, 6.07) is 2.50. The highest BCUT2D eigenvalue weighted by atomic mass is 16.5. The molecule has 0 aromatic carbocycles. The molecule has 1 unspecified atom stereocenters. The van der Waals surface area contributed by atoms with E-state index in [4.69, 9.17) is 9.72 Å². The zero-order valence-corrected chi connectivity index (χ0v) is 13.6. The van der Waals surface area contributed by atoms with E-state index in [-0.39, 0.29) is 0 Å². The fraction of sp³-hybridized carbons (Fsp3) is 0.750. The topological polar surface area (TPSA) is 50.3 Å². The van der Waals surface area contributed by atoms with Crippen LogP contribution in [0.2, 0.25) is 0 Å². The van der Waals surface area contributed by atoms with Gasteiger partial charge in [-0.3, -0.25) is 0 Å². The van der Waals surface area contributed by atoms with Gasteiger partial charge in [0.15, 0.2) is 0 Å². The zero-order chi connectivity index (χ0) is 15.1. The normalized spacial score (nSPS) is 18.8. The highest BCUT2D eigenvalue weighted by molar-refractivity contribution is 5.50. The van der Waals surface area contributed by atoms with Crippen LogP contribution in [0, 0.1) is 0 Å². The van der Waals surface area contributed by atoms with E-state index in [1.807, 2.05) is 0 Å². The fourth-order valence-electron chi connectivity index (χ4n) is 2.60. The zero-order valence-electron chi connectivity index (χ0n) is 13.6. The number of morpholine rings is 1. The van der Waals surface area contributed by atoms with E-state index in [1.54, 1.807) is 0 Å². The third-order valence-corrected chi connectivity index (χ3v) is 3.78. The molecule has 0 bridgehead atoms. The number of ether oxygens (including phenoxy) is 1. The van der Waals surface area contributed by atoms with Gasteiger partial charge in [-0.2, -0.15) is 0 Å². The van der Waals surface area contributed by atoms with E-state index in [0.717, 1.165) is 69.4 Å². The fourth-order valence-corrected chi connectivity index (χ4v) is 2.60. The first-order valence-corrected chi connectivity index (χ1v) is 8.24. The molecule has 1 saturated heterocycles. The summed E-state index contributed by atoms with van der Waals surface area (Å²) in [5, 5.41) is 3.40. The van der Waals surface area contributed by atoms with Crippen molar-refractivity contribution >= 4 is 11.6 Å². The summed E-state index contributed by atoms with van der Waals surface area (Å²) in [6.07, 6.45) is 4.16. The Morgan fingerprint density at radius 3 is 2.86 bits per heavy atom. The highest BCUT2D eigenvalue weighted by Crippen LogP contribution is 2.22. The molecule has 1 atom stereocenters. The number of aryl methyl sites for hydroxylation is 1. The molecule has 1 aromatic rings. The summed E-state index contributed by atoms with van der Waals surface area (Å²) in [4.78, 5) is 11.8. The van der Waals surface area contributed by atoms with Gasteiger partial charge in [-0.1, -0.05) is 20.8 Å². The van der Waals surface area contributed by atoms with Crippen molar-refractivity contribution in [1.82, 2.24) is 9.97 Å². The number of nitrogens with one attached hydrogen (secondary N) is 1. The molecular formula is C16H28N4O. The Bertz CT molecular complexity index is 438. The Balaban J connectivity index is 2.24. The van der Waals surface area contributed by atoms with E-state index in [2.05, 4.69) is 42.0 Å². The Morgan fingerprint density at radius 1 is 1.29 bits per heavy atom. The average molecular weight is 292 g/mol. The predicted molar refractivity (Wildman–Crippen MR) is 87.1 cm³/mol. The van der Waals surface area contributed by atoms with Crippen LogP contribution in [0.25, 0.3) is 0 Å². The molecule has 1 fully saturated rings. The molecule has 0 spiro atoms. The van der Waals surface area contributed by atoms with Crippen LogP contribution in [0.1, 0.15) is 45.9 Å². The van der Waals surface area contributed by atoms with Gasteiger partial charge >= 0.3 is 0 Å². The Kier molecular flexibility index (Phi) is 6.23. The molecule has 0 radical (unpaired) electrons. The number of nitrogens with zero attached hydrogens (tertiary/aromatic N) is 3. The molecular weight excluding hydrogens is 264 g/mol. The molecule has 2 heterocycles. The SMILES string of the molecule is CCCNc1cc(N2CCOCC2CC)nc(CCC)n1. The number of hydrogen-bond donors (Lipinski definition) is 1. The van der Waals surface area contributed by atoms with Gasteiger partial charge in [-0.25, -0.2) is 9.97 Å². The lowest BCUT2D eigenvalue weighted by Gasteiger charge is -2.36. The van der Waals surface area contributed by atoms with Crippen molar-refractivity contribution in [2.75, 3.05) is 36.5 Å². The van der Waals surface area contributed by atoms with E-state index >= 15 is 0 Å². The Labute approximate surface area is 128 Å². The maximum absolute atomic E-state index is 5.60. The van der Waals surface area contributed by atoms with E-state index < -0.39 is 0 Å². The molecule has 1 aliphatic rings. The van der Waals surface area contributed by atoms with Crippen molar-refractivity contribution in [1.29, 1.82) is 0 Å². The lowest BCUT2D eigenvalue weighted by atomic mass is 10.1. The van der Waals surface area contributed by atoms with Gasteiger partial charge in [-0.05, 0) is 19.3 Å². The van der Waals surface area contributed by atoms with Crippen molar-refractivity contribution < 1.29 is 4.74 Å². The monoisotopic (exact) mass is 292 g/mol. The van der Waals surface area contributed by atoms with Gasteiger partial charge in [0.1, 0.15) is 17.5 Å².